The highest BCUT2D eigenvalue weighted by Crippen LogP contribution is 2.31. The van der Waals surface area contributed by atoms with E-state index in [0.29, 0.717) is 9.45 Å². The second-order valence-corrected chi connectivity index (χ2v) is 4.08. The van der Waals surface area contributed by atoms with Crippen LogP contribution in [0.2, 0.25) is 0 Å². The number of aromatic nitrogens is 1. The van der Waals surface area contributed by atoms with Gasteiger partial charge in [0.25, 0.3) is 5.69 Å². The lowest BCUT2D eigenvalue weighted by molar-refractivity contribution is -0.385. The van der Waals surface area contributed by atoms with Gasteiger partial charge in [-0.15, -0.1) is 0 Å². The molecule has 0 spiro atoms. The molecule has 1 aromatic heterocycles. The van der Waals surface area contributed by atoms with Gasteiger partial charge in [-0.3, -0.25) is 10.1 Å². The second kappa shape index (κ2) is 3.68. The highest BCUT2D eigenvalue weighted by molar-refractivity contribution is 14.1. The number of ether oxygens (including phenoxy) is 1. The maximum atomic E-state index is 10.5. The van der Waals surface area contributed by atoms with Gasteiger partial charge in [0.1, 0.15) is 9.90 Å². The molecule has 1 aliphatic carbocycles. The quantitative estimate of drug-likeness (QED) is 0.371. The van der Waals surface area contributed by atoms with Crippen LogP contribution >= 0.6 is 22.6 Å². The van der Waals surface area contributed by atoms with Gasteiger partial charge in [0.2, 0.25) is 0 Å². The van der Waals surface area contributed by atoms with Gasteiger partial charge in [-0.25, -0.2) is 4.98 Å². The van der Waals surface area contributed by atoms with Crippen molar-refractivity contribution >= 4 is 28.3 Å². The number of nitro groups is 1. The van der Waals surface area contributed by atoms with Crippen molar-refractivity contribution < 1.29 is 9.66 Å². The minimum Gasteiger partial charge on any atom is -0.487 e. The van der Waals surface area contributed by atoms with Crippen molar-refractivity contribution in [2.45, 2.75) is 18.9 Å². The SMILES string of the molecule is O=[N+]([O-])c1cnc(I)c(OC2CC2)c1. The zero-order chi connectivity index (χ0) is 10.1. The van der Waals surface area contributed by atoms with E-state index >= 15 is 0 Å². The minimum atomic E-state index is -0.469. The van der Waals surface area contributed by atoms with E-state index in [1.165, 1.54) is 12.3 Å². The van der Waals surface area contributed by atoms with Crippen molar-refractivity contribution in [2.24, 2.45) is 0 Å². The lowest BCUT2D eigenvalue weighted by Gasteiger charge is -2.04. The second-order valence-electron chi connectivity index (χ2n) is 3.06. The average molecular weight is 306 g/mol. The molecule has 0 aliphatic heterocycles. The van der Waals surface area contributed by atoms with E-state index in [1.807, 2.05) is 22.6 Å². The van der Waals surface area contributed by atoms with E-state index in [2.05, 4.69) is 4.98 Å². The lowest BCUT2D eigenvalue weighted by atomic mass is 10.4. The smallest absolute Gasteiger partial charge is 0.291 e. The van der Waals surface area contributed by atoms with Gasteiger partial charge < -0.3 is 4.74 Å². The minimum absolute atomic E-state index is 0.0268. The van der Waals surface area contributed by atoms with Crippen LogP contribution in [0.4, 0.5) is 5.69 Å². The summed E-state index contributed by atoms with van der Waals surface area (Å²) in [5, 5.41) is 10.5. The summed E-state index contributed by atoms with van der Waals surface area (Å²) < 4.78 is 6.14. The van der Waals surface area contributed by atoms with Crippen molar-refractivity contribution in [1.29, 1.82) is 0 Å². The first-order valence-electron chi connectivity index (χ1n) is 4.13. The fourth-order valence-corrected chi connectivity index (χ4v) is 1.39. The van der Waals surface area contributed by atoms with E-state index in [9.17, 15) is 10.1 Å². The fourth-order valence-electron chi connectivity index (χ4n) is 0.966. The van der Waals surface area contributed by atoms with Crippen molar-refractivity contribution in [1.82, 2.24) is 4.98 Å². The molecule has 1 aliphatic rings. The molecule has 2 rings (SSSR count). The summed E-state index contributed by atoms with van der Waals surface area (Å²) in [4.78, 5) is 13.9. The predicted octanol–water partition coefficient (Wildman–Crippen LogP) is 2.14. The standard InChI is InChI=1S/C8H7IN2O3/c9-8-7(14-6-1-2-6)3-5(4-10-8)11(12)13/h3-4,6H,1-2H2. The summed E-state index contributed by atoms with van der Waals surface area (Å²) in [6.07, 6.45) is 3.52. The molecular weight excluding hydrogens is 299 g/mol. The van der Waals surface area contributed by atoms with Crippen LogP contribution in [0, 0.1) is 13.8 Å². The number of nitrogens with zero attached hydrogens (tertiary/aromatic N) is 2. The molecule has 0 N–H and O–H groups in total. The van der Waals surface area contributed by atoms with Crippen molar-refractivity contribution in [3.8, 4) is 5.75 Å². The molecule has 1 fully saturated rings. The molecule has 0 radical (unpaired) electrons. The molecule has 0 aromatic carbocycles. The first-order valence-corrected chi connectivity index (χ1v) is 5.21. The Kier molecular flexibility index (Phi) is 2.53. The summed E-state index contributed by atoms with van der Waals surface area (Å²) >= 11 is 2.00. The maximum Gasteiger partial charge on any atom is 0.291 e. The molecule has 0 saturated heterocycles. The normalized spacial score (nSPS) is 15.2. The molecule has 1 saturated carbocycles. The summed E-state index contributed by atoms with van der Waals surface area (Å²) in [5.74, 6) is 0.516. The maximum absolute atomic E-state index is 10.5. The number of hydrogen-bond donors (Lipinski definition) is 0. The molecule has 14 heavy (non-hydrogen) atoms. The highest BCUT2D eigenvalue weighted by Gasteiger charge is 2.25. The Bertz CT molecular complexity index is 379. The molecule has 0 bridgehead atoms. The molecule has 6 heteroatoms. The molecule has 0 amide bonds. The largest absolute Gasteiger partial charge is 0.487 e. The third-order valence-electron chi connectivity index (χ3n) is 1.82. The first-order chi connectivity index (χ1) is 6.66. The molecule has 1 heterocycles. The van der Waals surface area contributed by atoms with E-state index < -0.39 is 4.92 Å². The van der Waals surface area contributed by atoms with Gasteiger partial charge in [-0.05, 0) is 35.4 Å². The zero-order valence-corrected chi connectivity index (χ0v) is 9.30. The Morgan fingerprint density at radius 2 is 2.36 bits per heavy atom. The Morgan fingerprint density at radius 3 is 2.93 bits per heavy atom. The first kappa shape index (κ1) is 9.63. The van der Waals surface area contributed by atoms with Gasteiger partial charge in [0.15, 0.2) is 5.75 Å². The molecule has 74 valence electrons. The van der Waals surface area contributed by atoms with Crippen LogP contribution in [-0.4, -0.2) is 16.0 Å². The van der Waals surface area contributed by atoms with E-state index in [0.717, 1.165) is 12.8 Å². The number of rotatable bonds is 3. The topological polar surface area (TPSA) is 65.3 Å². The third kappa shape index (κ3) is 2.11. The Morgan fingerprint density at radius 1 is 1.64 bits per heavy atom. The number of pyridine rings is 1. The van der Waals surface area contributed by atoms with Gasteiger partial charge in [0.05, 0.1) is 17.1 Å². The number of halogens is 1. The van der Waals surface area contributed by atoms with Crippen molar-refractivity contribution in [3.05, 3.63) is 26.1 Å². The van der Waals surface area contributed by atoms with Crippen molar-refractivity contribution in [3.63, 3.8) is 0 Å². The van der Waals surface area contributed by atoms with Gasteiger partial charge in [-0.2, -0.15) is 0 Å². The lowest BCUT2D eigenvalue weighted by Crippen LogP contribution is -2.00. The van der Waals surface area contributed by atoms with Crippen molar-refractivity contribution in [2.75, 3.05) is 0 Å². The van der Waals surface area contributed by atoms with Gasteiger partial charge >= 0.3 is 0 Å². The monoisotopic (exact) mass is 306 g/mol. The highest BCUT2D eigenvalue weighted by atomic mass is 127. The predicted molar refractivity (Wildman–Crippen MR) is 57.3 cm³/mol. The Hall–Kier alpha value is -0.920. The van der Waals surface area contributed by atoms with Crippen LogP contribution in [0.5, 0.6) is 5.75 Å². The molecule has 0 atom stereocenters. The van der Waals surface area contributed by atoms with E-state index in [1.54, 1.807) is 0 Å². The van der Waals surface area contributed by atoms with Crippen LogP contribution < -0.4 is 4.74 Å². The van der Waals surface area contributed by atoms with Gasteiger partial charge in [-0.1, -0.05) is 0 Å². The van der Waals surface area contributed by atoms with Gasteiger partial charge in [0, 0.05) is 0 Å². The summed E-state index contributed by atoms with van der Waals surface area (Å²) in [5.41, 5.74) is -0.0268. The van der Waals surface area contributed by atoms with Crippen LogP contribution in [0.3, 0.4) is 0 Å². The molecule has 5 nitrogen and oxygen atoms in total. The Balaban J connectivity index is 2.26. The summed E-state index contributed by atoms with van der Waals surface area (Å²) in [7, 11) is 0. The molecule has 1 aromatic rings. The van der Waals surface area contributed by atoms with Crippen LogP contribution in [0.25, 0.3) is 0 Å². The average Bonchev–Trinajstić information content (AvgIpc) is 2.92. The van der Waals surface area contributed by atoms with E-state index in [4.69, 9.17) is 4.74 Å². The third-order valence-corrected chi connectivity index (χ3v) is 2.63. The van der Waals surface area contributed by atoms with Crippen LogP contribution in [0.15, 0.2) is 12.3 Å². The summed E-state index contributed by atoms with van der Waals surface area (Å²) in [6, 6.07) is 1.42. The molecular formula is C8H7IN2O3. The summed E-state index contributed by atoms with van der Waals surface area (Å²) in [6.45, 7) is 0. The van der Waals surface area contributed by atoms with E-state index in [-0.39, 0.29) is 11.8 Å². The molecule has 0 unspecified atom stereocenters. The van der Waals surface area contributed by atoms with Crippen LogP contribution in [0.1, 0.15) is 12.8 Å². The number of hydrogen-bond acceptors (Lipinski definition) is 4. The Labute approximate surface area is 93.8 Å². The van der Waals surface area contributed by atoms with Crippen LogP contribution in [-0.2, 0) is 0 Å². The zero-order valence-electron chi connectivity index (χ0n) is 7.14. The fraction of sp³-hybridized carbons (Fsp3) is 0.375.